The van der Waals surface area contributed by atoms with Gasteiger partial charge in [0.05, 0.1) is 12.2 Å². The maximum absolute atomic E-state index is 12.8. The molecule has 132 valence electrons. The molecule has 9 heteroatoms. The van der Waals surface area contributed by atoms with Crippen LogP contribution in [0.3, 0.4) is 0 Å². The van der Waals surface area contributed by atoms with E-state index >= 15 is 0 Å². The van der Waals surface area contributed by atoms with E-state index in [1.54, 1.807) is 23.4 Å². The van der Waals surface area contributed by atoms with Crippen LogP contribution in [0.4, 0.5) is 5.95 Å². The topological polar surface area (TPSA) is 86.7 Å². The molecular weight excluding hydrogens is 330 g/mol. The second-order valence-electron chi connectivity index (χ2n) is 6.32. The number of piperidine rings is 1. The smallest absolute Gasteiger partial charge is 0.227 e. The van der Waals surface area contributed by atoms with E-state index < -0.39 is 10.0 Å². The zero-order valence-electron chi connectivity index (χ0n) is 13.8. The van der Waals surface area contributed by atoms with Crippen molar-refractivity contribution in [2.75, 3.05) is 50.4 Å². The molecular formula is C15H23N5O3S. The van der Waals surface area contributed by atoms with E-state index in [0.717, 1.165) is 19.4 Å². The molecule has 2 aliphatic heterocycles. The standard InChI is InChI=1S/C15H23N5O3S/c1-24(22,23)20-10-8-18(9-11-20)14(21)13-4-2-7-19(12-13)15-16-5-3-6-17-15/h3,5-6,13H,2,4,7-12H2,1H3. The van der Waals surface area contributed by atoms with Gasteiger partial charge < -0.3 is 9.80 Å². The van der Waals surface area contributed by atoms with Crippen molar-refractivity contribution in [2.45, 2.75) is 12.8 Å². The van der Waals surface area contributed by atoms with Gasteiger partial charge in [0.15, 0.2) is 0 Å². The predicted molar refractivity (Wildman–Crippen MR) is 90.0 cm³/mol. The minimum absolute atomic E-state index is 0.0765. The maximum Gasteiger partial charge on any atom is 0.227 e. The highest BCUT2D eigenvalue weighted by molar-refractivity contribution is 7.88. The van der Waals surface area contributed by atoms with Gasteiger partial charge in [0.25, 0.3) is 0 Å². The number of hydrogen-bond acceptors (Lipinski definition) is 6. The quantitative estimate of drug-likeness (QED) is 0.748. The first-order chi connectivity index (χ1) is 11.4. The van der Waals surface area contributed by atoms with Crippen LogP contribution in [0.15, 0.2) is 18.5 Å². The highest BCUT2D eigenvalue weighted by Gasteiger charge is 2.33. The summed E-state index contributed by atoms with van der Waals surface area (Å²) in [6, 6.07) is 1.78. The van der Waals surface area contributed by atoms with Crippen LogP contribution in [0.25, 0.3) is 0 Å². The Hall–Kier alpha value is -1.74. The van der Waals surface area contributed by atoms with Gasteiger partial charge in [-0.3, -0.25) is 4.79 Å². The van der Waals surface area contributed by atoms with E-state index in [0.29, 0.717) is 38.7 Å². The van der Waals surface area contributed by atoms with Gasteiger partial charge in [0.2, 0.25) is 21.9 Å². The number of nitrogens with zero attached hydrogens (tertiary/aromatic N) is 5. The molecule has 1 amide bonds. The fourth-order valence-electron chi connectivity index (χ4n) is 3.31. The number of carbonyl (C=O) groups is 1. The molecule has 24 heavy (non-hydrogen) atoms. The molecule has 8 nitrogen and oxygen atoms in total. The summed E-state index contributed by atoms with van der Waals surface area (Å²) in [5.41, 5.74) is 0. The van der Waals surface area contributed by atoms with Crippen LogP contribution in [0.2, 0.25) is 0 Å². The molecule has 1 aromatic heterocycles. The van der Waals surface area contributed by atoms with Gasteiger partial charge in [-0.2, -0.15) is 4.31 Å². The van der Waals surface area contributed by atoms with E-state index in [1.807, 2.05) is 0 Å². The maximum atomic E-state index is 12.8. The molecule has 1 atom stereocenters. The normalized spacial score (nSPS) is 23.3. The van der Waals surface area contributed by atoms with Crippen LogP contribution in [-0.2, 0) is 14.8 Å². The van der Waals surface area contributed by atoms with Gasteiger partial charge in [-0.1, -0.05) is 0 Å². The summed E-state index contributed by atoms with van der Waals surface area (Å²) < 4.78 is 24.6. The number of aromatic nitrogens is 2. The highest BCUT2D eigenvalue weighted by atomic mass is 32.2. The summed E-state index contributed by atoms with van der Waals surface area (Å²) in [5.74, 6) is 0.702. The molecule has 0 saturated carbocycles. The van der Waals surface area contributed by atoms with E-state index in [9.17, 15) is 13.2 Å². The fraction of sp³-hybridized carbons (Fsp3) is 0.667. The van der Waals surface area contributed by atoms with E-state index in [2.05, 4.69) is 14.9 Å². The SMILES string of the molecule is CS(=O)(=O)N1CCN(C(=O)C2CCCN(c3ncccn3)C2)CC1. The van der Waals surface area contributed by atoms with Crippen molar-refractivity contribution in [1.82, 2.24) is 19.2 Å². The van der Waals surface area contributed by atoms with E-state index in [1.165, 1.54) is 10.6 Å². The van der Waals surface area contributed by atoms with Crippen molar-refractivity contribution in [3.63, 3.8) is 0 Å². The monoisotopic (exact) mass is 353 g/mol. The summed E-state index contributed by atoms with van der Waals surface area (Å²) in [6.07, 6.45) is 6.41. The van der Waals surface area contributed by atoms with Gasteiger partial charge >= 0.3 is 0 Å². The van der Waals surface area contributed by atoms with Crippen molar-refractivity contribution in [3.8, 4) is 0 Å². The number of carbonyl (C=O) groups excluding carboxylic acids is 1. The van der Waals surface area contributed by atoms with Crippen LogP contribution in [0, 0.1) is 5.92 Å². The first-order valence-corrected chi connectivity index (χ1v) is 10.1. The van der Waals surface area contributed by atoms with Crippen molar-refractivity contribution in [1.29, 1.82) is 0 Å². The molecule has 1 unspecified atom stereocenters. The molecule has 3 heterocycles. The molecule has 2 saturated heterocycles. The van der Waals surface area contributed by atoms with Crippen molar-refractivity contribution >= 4 is 21.9 Å². The number of sulfonamides is 1. The minimum atomic E-state index is -3.17. The zero-order valence-corrected chi connectivity index (χ0v) is 14.7. The van der Waals surface area contributed by atoms with Gasteiger partial charge in [0.1, 0.15) is 0 Å². The van der Waals surface area contributed by atoms with Crippen LogP contribution in [0.5, 0.6) is 0 Å². The van der Waals surface area contributed by atoms with Gasteiger partial charge in [-0.25, -0.2) is 18.4 Å². The lowest BCUT2D eigenvalue weighted by molar-refractivity contribution is -0.137. The average molecular weight is 353 g/mol. The Bertz CT molecular complexity index is 674. The van der Waals surface area contributed by atoms with Crippen LogP contribution in [0.1, 0.15) is 12.8 Å². The molecule has 0 aromatic carbocycles. The third kappa shape index (κ3) is 3.84. The lowest BCUT2D eigenvalue weighted by Crippen LogP contribution is -2.53. The molecule has 0 bridgehead atoms. The molecule has 2 fully saturated rings. The van der Waals surface area contributed by atoms with E-state index in [-0.39, 0.29) is 11.8 Å². The molecule has 0 aliphatic carbocycles. The molecule has 1 aromatic rings. The number of rotatable bonds is 3. The minimum Gasteiger partial charge on any atom is -0.340 e. The summed E-state index contributed by atoms with van der Waals surface area (Å²) in [7, 11) is -3.17. The zero-order chi connectivity index (χ0) is 17.2. The van der Waals surface area contributed by atoms with Gasteiger partial charge in [-0.15, -0.1) is 0 Å². The Balaban J connectivity index is 1.59. The average Bonchev–Trinajstić information content (AvgIpc) is 2.61. The van der Waals surface area contributed by atoms with Crippen LogP contribution < -0.4 is 4.90 Å². The van der Waals surface area contributed by atoms with Gasteiger partial charge in [-0.05, 0) is 18.9 Å². The van der Waals surface area contributed by atoms with Crippen molar-refractivity contribution in [3.05, 3.63) is 18.5 Å². The molecule has 0 radical (unpaired) electrons. The third-order valence-corrected chi connectivity index (χ3v) is 5.93. The second kappa shape index (κ2) is 7.02. The number of anilines is 1. The summed E-state index contributed by atoms with van der Waals surface area (Å²) in [6.45, 7) is 3.16. The van der Waals surface area contributed by atoms with Crippen LogP contribution >= 0.6 is 0 Å². The highest BCUT2D eigenvalue weighted by Crippen LogP contribution is 2.22. The number of piperazine rings is 1. The lowest BCUT2D eigenvalue weighted by atomic mass is 9.96. The first-order valence-electron chi connectivity index (χ1n) is 8.21. The largest absolute Gasteiger partial charge is 0.340 e. The summed E-state index contributed by atoms with van der Waals surface area (Å²) >= 11 is 0. The van der Waals surface area contributed by atoms with Crippen molar-refractivity contribution in [2.24, 2.45) is 5.92 Å². The predicted octanol–water partition coefficient (Wildman–Crippen LogP) is -0.203. The molecule has 0 spiro atoms. The fourth-order valence-corrected chi connectivity index (χ4v) is 4.14. The number of amides is 1. The Morgan fingerprint density at radius 3 is 2.42 bits per heavy atom. The second-order valence-corrected chi connectivity index (χ2v) is 8.30. The summed E-state index contributed by atoms with van der Waals surface area (Å²) in [5, 5.41) is 0. The Morgan fingerprint density at radius 2 is 1.79 bits per heavy atom. The Kier molecular flexibility index (Phi) is 5.00. The van der Waals surface area contributed by atoms with E-state index in [4.69, 9.17) is 0 Å². The molecule has 0 N–H and O–H groups in total. The Labute approximate surface area is 142 Å². The first kappa shape index (κ1) is 17.1. The number of hydrogen-bond donors (Lipinski definition) is 0. The molecule has 3 rings (SSSR count). The van der Waals surface area contributed by atoms with Crippen molar-refractivity contribution < 1.29 is 13.2 Å². The van der Waals surface area contributed by atoms with Crippen LogP contribution in [-0.4, -0.2) is 79.0 Å². The summed E-state index contributed by atoms with van der Waals surface area (Å²) in [4.78, 5) is 25.1. The third-order valence-electron chi connectivity index (χ3n) is 4.62. The lowest BCUT2D eigenvalue weighted by Gasteiger charge is -2.38. The van der Waals surface area contributed by atoms with Gasteiger partial charge in [0, 0.05) is 51.7 Å². The molecule has 2 aliphatic rings. The Morgan fingerprint density at radius 1 is 1.12 bits per heavy atom.